The number of carbonyl (C=O) groups is 3. The summed E-state index contributed by atoms with van der Waals surface area (Å²) in [5, 5.41) is 38.7. The fourth-order valence-corrected chi connectivity index (χ4v) is 5.04. The molecule has 0 aliphatic carbocycles. The van der Waals surface area contributed by atoms with Gasteiger partial charge in [-0.05, 0) is 25.0 Å². The smallest absolute Gasteiger partial charge is 0.305 e. The van der Waals surface area contributed by atoms with Crippen LogP contribution in [-0.4, -0.2) is 117 Å². The summed E-state index contributed by atoms with van der Waals surface area (Å²) in [6.07, 6.45) is -1.17. The number of aliphatic hydroxyl groups is 3. The predicted octanol–water partition coefficient (Wildman–Crippen LogP) is 0.777. The van der Waals surface area contributed by atoms with Gasteiger partial charge >= 0.3 is 5.97 Å². The zero-order chi connectivity index (χ0) is 35.2. The molecule has 266 valence electrons. The summed E-state index contributed by atoms with van der Waals surface area (Å²) >= 11 is 6.47. The topological polar surface area (TPSA) is 216 Å². The second kappa shape index (κ2) is 19.2. The first-order valence-corrected chi connectivity index (χ1v) is 15.5. The molecule has 1 saturated heterocycles. The van der Waals surface area contributed by atoms with Crippen molar-refractivity contribution >= 4 is 35.1 Å². The number of amides is 2. The molecule has 1 aromatic carbocycles. The first-order chi connectivity index (χ1) is 23.1. The number of unbranched alkanes of at least 4 members (excludes halogenated alkanes) is 2. The number of pyridine rings is 1. The number of ether oxygens (including phenoxy) is 6. The number of nitrogens with one attached hydrogen (secondary N) is 3. The van der Waals surface area contributed by atoms with E-state index in [9.17, 15) is 29.7 Å². The lowest BCUT2D eigenvalue weighted by molar-refractivity contribution is -0.261. The zero-order valence-corrected chi connectivity index (χ0v) is 27.9. The van der Waals surface area contributed by atoms with Gasteiger partial charge in [0, 0.05) is 37.9 Å². The zero-order valence-electron chi connectivity index (χ0n) is 27.2. The van der Waals surface area contributed by atoms with Crippen molar-refractivity contribution in [1.29, 1.82) is 0 Å². The van der Waals surface area contributed by atoms with E-state index in [0.717, 1.165) is 12.8 Å². The normalized spacial score (nSPS) is 20.4. The summed E-state index contributed by atoms with van der Waals surface area (Å²) < 4.78 is 31.9. The Kier molecular flexibility index (Phi) is 15.4. The lowest BCUT2D eigenvalue weighted by Crippen LogP contribution is -2.64. The summed E-state index contributed by atoms with van der Waals surface area (Å²) in [6.45, 7) is -0.127. The first-order valence-electron chi connectivity index (χ1n) is 15.1. The van der Waals surface area contributed by atoms with E-state index in [1.165, 1.54) is 46.8 Å². The molecule has 1 aliphatic heterocycles. The molecule has 1 aromatic heterocycles. The van der Waals surface area contributed by atoms with E-state index in [-0.39, 0.29) is 53.0 Å². The summed E-state index contributed by atoms with van der Waals surface area (Å²) in [5.41, 5.74) is 1.08. The molecule has 0 saturated carbocycles. The third kappa shape index (κ3) is 10.5. The SMILES string of the molecule is COC(=O)CCCCCNC(=O)CNc1cc(COc2cc(OC)c(C(=O)N[C@H]3[C@@H](OC)O[C@H](CO)[C@@H](O)[C@@H]3O)cc2Cl)cnc1OC. The molecule has 1 aliphatic rings. The van der Waals surface area contributed by atoms with Crippen molar-refractivity contribution in [2.75, 3.05) is 53.5 Å². The van der Waals surface area contributed by atoms with E-state index in [4.69, 9.17) is 35.3 Å². The first kappa shape index (κ1) is 38.5. The van der Waals surface area contributed by atoms with Crippen molar-refractivity contribution in [3.63, 3.8) is 0 Å². The molecular formula is C31H43ClN4O12. The van der Waals surface area contributed by atoms with Gasteiger partial charge in [-0.2, -0.15) is 0 Å². The molecule has 0 radical (unpaired) electrons. The molecule has 1 fully saturated rings. The van der Waals surface area contributed by atoms with Crippen LogP contribution in [0.4, 0.5) is 5.69 Å². The Balaban J connectivity index is 1.60. The molecule has 2 aromatic rings. The van der Waals surface area contributed by atoms with Gasteiger partial charge in [-0.15, -0.1) is 0 Å². The van der Waals surface area contributed by atoms with Crippen LogP contribution in [0.5, 0.6) is 17.4 Å². The van der Waals surface area contributed by atoms with E-state index in [0.29, 0.717) is 30.6 Å². The van der Waals surface area contributed by atoms with E-state index >= 15 is 0 Å². The number of esters is 1. The Morgan fingerprint density at radius 3 is 2.44 bits per heavy atom. The third-order valence-electron chi connectivity index (χ3n) is 7.45. The quantitative estimate of drug-likeness (QED) is 0.0937. The van der Waals surface area contributed by atoms with Crippen LogP contribution in [0.3, 0.4) is 0 Å². The number of hydrogen-bond donors (Lipinski definition) is 6. The minimum atomic E-state index is -1.50. The van der Waals surface area contributed by atoms with Gasteiger partial charge in [0.2, 0.25) is 11.8 Å². The number of nitrogens with zero attached hydrogens (tertiary/aromatic N) is 1. The van der Waals surface area contributed by atoms with E-state index in [2.05, 4.69) is 25.7 Å². The number of aliphatic hydroxyl groups excluding tert-OH is 3. The van der Waals surface area contributed by atoms with Crippen molar-refractivity contribution in [1.82, 2.24) is 15.6 Å². The highest BCUT2D eigenvalue weighted by Gasteiger charge is 2.45. The van der Waals surface area contributed by atoms with Crippen LogP contribution in [-0.2, 0) is 30.4 Å². The van der Waals surface area contributed by atoms with E-state index in [1.807, 2.05) is 0 Å². The molecule has 3 rings (SSSR count). The highest BCUT2D eigenvalue weighted by atomic mass is 35.5. The monoisotopic (exact) mass is 698 g/mol. The maximum Gasteiger partial charge on any atom is 0.305 e. The average molecular weight is 699 g/mol. The molecule has 0 spiro atoms. The number of anilines is 1. The van der Waals surface area contributed by atoms with Gasteiger partial charge in [0.05, 0.1) is 50.8 Å². The summed E-state index contributed by atoms with van der Waals surface area (Å²) in [4.78, 5) is 41.0. The number of benzene rings is 1. The second-order valence-electron chi connectivity index (χ2n) is 10.7. The van der Waals surface area contributed by atoms with Crippen LogP contribution < -0.4 is 30.2 Å². The Morgan fingerprint density at radius 1 is 1.00 bits per heavy atom. The third-order valence-corrected chi connectivity index (χ3v) is 7.75. The Bertz CT molecular complexity index is 1380. The van der Waals surface area contributed by atoms with E-state index < -0.39 is 43.2 Å². The Hall–Kier alpha value is -3.93. The number of rotatable bonds is 18. The van der Waals surface area contributed by atoms with Gasteiger partial charge in [0.25, 0.3) is 5.91 Å². The van der Waals surface area contributed by atoms with E-state index in [1.54, 1.807) is 6.07 Å². The van der Waals surface area contributed by atoms with Crippen molar-refractivity contribution in [2.45, 2.75) is 62.9 Å². The van der Waals surface area contributed by atoms with Crippen molar-refractivity contribution < 1.29 is 58.1 Å². The van der Waals surface area contributed by atoms with Gasteiger partial charge in [-0.25, -0.2) is 4.98 Å². The van der Waals surface area contributed by atoms with Crippen molar-refractivity contribution in [2.24, 2.45) is 0 Å². The lowest BCUT2D eigenvalue weighted by Gasteiger charge is -2.41. The maximum absolute atomic E-state index is 13.2. The van der Waals surface area contributed by atoms with Gasteiger partial charge in [-0.3, -0.25) is 14.4 Å². The minimum Gasteiger partial charge on any atom is -0.496 e. The summed E-state index contributed by atoms with van der Waals surface area (Å²) in [5.74, 6) is -0.627. The van der Waals surface area contributed by atoms with Crippen molar-refractivity contribution in [3.05, 3.63) is 40.5 Å². The average Bonchev–Trinajstić information content (AvgIpc) is 3.09. The molecule has 6 N–H and O–H groups in total. The molecule has 0 bridgehead atoms. The maximum atomic E-state index is 13.2. The molecular weight excluding hydrogens is 656 g/mol. The highest BCUT2D eigenvalue weighted by Crippen LogP contribution is 2.34. The molecule has 5 atom stereocenters. The van der Waals surface area contributed by atoms with Gasteiger partial charge in [0.1, 0.15) is 42.5 Å². The molecule has 0 unspecified atom stereocenters. The summed E-state index contributed by atoms with van der Waals surface area (Å²) in [7, 11) is 5.45. The number of hydrogen-bond acceptors (Lipinski definition) is 14. The summed E-state index contributed by atoms with van der Waals surface area (Å²) in [6, 6.07) is 3.27. The number of carbonyl (C=O) groups excluding carboxylic acids is 3. The molecule has 2 amide bonds. The largest absolute Gasteiger partial charge is 0.496 e. The molecule has 2 heterocycles. The van der Waals surface area contributed by atoms with Crippen LogP contribution in [0.2, 0.25) is 5.02 Å². The Labute approximate surface area is 283 Å². The van der Waals surface area contributed by atoms with Crippen LogP contribution in [0.1, 0.15) is 41.6 Å². The van der Waals surface area contributed by atoms with Crippen LogP contribution >= 0.6 is 11.6 Å². The van der Waals surface area contributed by atoms with Crippen LogP contribution in [0.15, 0.2) is 24.4 Å². The van der Waals surface area contributed by atoms with Gasteiger partial charge in [-0.1, -0.05) is 18.0 Å². The lowest BCUT2D eigenvalue weighted by atomic mass is 9.96. The highest BCUT2D eigenvalue weighted by molar-refractivity contribution is 6.32. The van der Waals surface area contributed by atoms with Crippen molar-refractivity contribution in [3.8, 4) is 17.4 Å². The molecule has 16 nitrogen and oxygen atoms in total. The second-order valence-corrected chi connectivity index (χ2v) is 11.1. The fraction of sp³-hybridized carbons (Fsp3) is 0.548. The standard InChI is InChI=1S/C31H43ClN4O12/c1-43-21-12-22(19(32)11-18(21)29(42)36-26-28(41)27(40)23(15-37)48-31(26)46-4)47-16-17-10-20(30(45-3)35-13-17)34-14-24(38)33-9-7-5-6-8-25(39)44-2/h10-13,23,26-28,31,34,37,40-41H,5-9,14-16H2,1-4H3,(H,33,38)(H,36,42)/t23-,26-,27-,28-,31+/m1/s1. The van der Waals surface area contributed by atoms with Crippen LogP contribution in [0.25, 0.3) is 0 Å². The minimum absolute atomic E-state index is 0.00288. The Morgan fingerprint density at radius 2 is 1.77 bits per heavy atom. The number of aromatic nitrogens is 1. The van der Waals surface area contributed by atoms with Gasteiger partial charge in [0.15, 0.2) is 6.29 Å². The molecule has 48 heavy (non-hydrogen) atoms. The fourth-order valence-electron chi connectivity index (χ4n) is 4.82. The van der Waals surface area contributed by atoms with Crippen LogP contribution in [0, 0.1) is 0 Å². The molecule has 17 heteroatoms. The number of halogens is 1. The number of methoxy groups -OCH3 is 4. The predicted molar refractivity (Wildman–Crippen MR) is 171 cm³/mol. The van der Waals surface area contributed by atoms with Gasteiger partial charge < -0.3 is 59.7 Å².